The third kappa shape index (κ3) is 3.09. The summed E-state index contributed by atoms with van der Waals surface area (Å²) in [5, 5.41) is 1.12. The lowest BCUT2D eigenvalue weighted by Gasteiger charge is -2.09. The Morgan fingerprint density at radius 1 is 0.958 bits per heavy atom. The summed E-state index contributed by atoms with van der Waals surface area (Å²) in [5.41, 5.74) is 5.32. The van der Waals surface area contributed by atoms with Crippen LogP contribution in [0, 0.1) is 20.8 Å². The number of hydrogen-bond donors (Lipinski definition) is 1. The zero-order chi connectivity index (χ0) is 17.5. The predicted octanol–water partition coefficient (Wildman–Crippen LogP) is 3.58. The zero-order valence-electron chi connectivity index (χ0n) is 14.4. The van der Waals surface area contributed by atoms with Crippen molar-refractivity contribution in [2.45, 2.75) is 32.2 Å². The first-order valence-corrected chi connectivity index (χ1v) is 9.38. The first kappa shape index (κ1) is 16.7. The van der Waals surface area contributed by atoms with Crippen molar-refractivity contribution in [2.75, 3.05) is 0 Å². The van der Waals surface area contributed by atoms with Crippen molar-refractivity contribution in [3.8, 4) is 0 Å². The molecule has 1 N–H and O–H groups in total. The standard InChI is InChI=1S/C19H22N2O2S/c1-13-5-7-18(9-14(13)2)24(22,23)20-12-16-6-8-19-17(11-16)10-15(3)21(19)4/h5-11,20H,12H2,1-4H3. The van der Waals surface area contributed by atoms with Crippen LogP contribution in [0.3, 0.4) is 0 Å². The maximum Gasteiger partial charge on any atom is 0.240 e. The van der Waals surface area contributed by atoms with E-state index < -0.39 is 10.0 Å². The molecule has 0 saturated heterocycles. The molecule has 126 valence electrons. The van der Waals surface area contributed by atoms with E-state index in [1.54, 1.807) is 12.1 Å². The van der Waals surface area contributed by atoms with Gasteiger partial charge in [0.25, 0.3) is 0 Å². The van der Waals surface area contributed by atoms with Crippen LogP contribution in [0.4, 0.5) is 0 Å². The van der Waals surface area contributed by atoms with Crippen molar-refractivity contribution < 1.29 is 8.42 Å². The normalized spacial score (nSPS) is 12.0. The van der Waals surface area contributed by atoms with Crippen molar-refractivity contribution in [1.29, 1.82) is 0 Å². The molecular formula is C19H22N2O2S. The third-order valence-corrected chi connectivity index (χ3v) is 6.00. The minimum absolute atomic E-state index is 0.277. The first-order valence-electron chi connectivity index (χ1n) is 7.90. The van der Waals surface area contributed by atoms with Gasteiger partial charge in [-0.3, -0.25) is 0 Å². The Labute approximate surface area is 143 Å². The monoisotopic (exact) mass is 342 g/mol. The molecule has 3 rings (SSSR count). The molecule has 0 aliphatic carbocycles. The van der Waals surface area contributed by atoms with Crippen LogP contribution in [-0.4, -0.2) is 13.0 Å². The molecule has 0 aliphatic rings. The maximum atomic E-state index is 12.5. The minimum atomic E-state index is -3.51. The summed E-state index contributed by atoms with van der Waals surface area (Å²) >= 11 is 0. The summed E-state index contributed by atoms with van der Waals surface area (Å²) in [6.45, 7) is 6.22. The smallest absolute Gasteiger partial charge is 0.240 e. The fourth-order valence-corrected chi connectivity index (χ4v) is 3.89. The van der Waals surface area contributed by atoms with E-state index >= 15 is 0 Å². The van der Waals surface area contributed by atoms with E-state index in [0.29, 0.717) is 4.90 Å². The number of hydrogen-bond acceptors (Lipinski definition) is 2. The van der Waals surface area contributed by atoms with Crippen molar-refractivity contribution >= 4 is 20.9 Å². The molecule has 0 atom stereocenters. The molecule has 1 heterocycles. The molecule has 0 aliphatic heterocycles. The fourth-order valence-electron chi connectivity index (χ4n) is 2.79. The minimum Gasteiger partial charge on any atom is -0.348 e. The number of nitrogens with zero attached hydrogens (tertiary/aromatic N) is 1. The summed E-state index contributed by atoms with van der Waals surface area (Å²) in [6.07, 6.45) is 0. The summed E-state index contributed by atoms with van der Waals surface area (Å²) in [6, 6.07) is 13.3. The molecule has 0 radical (unpaired) electrons. The second-order valence-electron chi connectivity index (χ2n) is 6.31. The number of aromatic nitrogens is 1. The molecule has 0 amide bonds. The average Bonchev–Trinajstić information content (AvgIpc) is 2.82. The van der Waals surface area contributed by atoms with Crippen LogP contribution in [0.1, 0.15) is 22.4 Å². The van der Waals surface area contributed by atoms with Crippen LogP contribution >= 0.6 is 0 Å². The van der Waals surface area contributed by atoms with E-state index in [-0.39, 0.29) is 6.54 Å². The van der Waals surface area contributed by atoms with E-state index in [2.05, 4.69) is 22.3 Å². The van der Waals surface area contributed by atoms with Crippen LogP contribution in [0.2, 0.25) is 0 Å². The lowest BCUT2D eigenvalue weighted by atomic mass is 10.1. The molecule has 1 aromatic heterocycles. The maximum absolute atomic E-state index is 12.5. The lowest BCUT2D eigenvalue weighted by molar-refractivity contribution is 0.581. The molecule has 0 unspecified atom stereocenters. The zero-order valence-corrected chi connectivity index (χ0v) is 15.2. The number of rotatable bonds is 4. The molecule has 0 saturated carbocycles. The summed E-state index contributed by atoms with van der Waals surface area (Å²) in [5.74, 6) is 0. The Morgan fingerprint density at radius 2 is 1.71 bits per heavy atom. The number of nitrogens with one attached hydrogen (secondary N) is 1. The van der Waals surface area contributed by atoms with Gasteiger partial charge in [0.2, 0.25) is 10.0 Å². The Bertz CT molecular complexity index is 1020. The van der Waals surface area contributed by atoms with Crippen LogP contribution in [0.15, 0.2) is 47.4 Å². The van der Waals surface area contributed by atoms with Gasteiger partial charge in [-0.2, -0.15) is 0 Å². The van der Waals surface area contributed by atoms with Crippen molar-refractivity contribution in [3.63, 3.8) is 0 Å². The lowest BCUT2D eigenvalue weighted by Crippen LogP contribution is -2.23. The van der Waals surface area contributed by atoms with E-state index in [4.69, 9.17) is 0 Å². The van der Waals surface area contributed by atoms with Crippen LogP contribution in [0.5, 0.6) is 0 Å². The SMILES string of the molecule is Cc1ccc(S(=O)(=O)NCc2ccc3c(c2)cc(C)n3C)cc1C. The van der Waals surface area contributed by atoms with Crippen molar-refractivity contribution in [1.82, 2.24) is 9.29 Å². The van der Waals surface area contributed by atoms with Gasteiger partial charge in [-0.05, 0) is 67.8 Å². The highest BCUT2D eigenvalue weighted by atomic mass is 32.2. The topological polar surface area (TPSA) is 51.1 Å². The van der Waals surface area contributed by atoms with Gasteiger partial charge in [-0.15, -0.1) is 0 Å². The molecule has 24 heavy (non-hydrogen) atoms. The summed E-state index contributed by atoms with van der Waals surface area (Å²) in [4.78, 5) is 0.308. The Kier molecular flexibility index (Phi) is 4.24. The second-order valence-corrected chi connectivity index (χ2v) is 8.08. The largest absolute Gasteiger partial charge is 0.348 e. The highest BCUT2D eigenvalue weighted by Gasteiger charge is 2.14. The quantitative estimate of drug-likeness (QED) is 0.788. The van der Waals surface area contributed by atoms with E-state index in [9.17, 15) is 8.42 Å². The van der Waals surface area contributed by atoms with Crippen LogP contribution < -0.4 is 4.72 Å². The molecular weight excluding hydrogens is 320 g/mol. The fraction of sp³-hybridized carbons (Fsp3) is 0.263. The van der Waals surface area contributed by atoms with E-state index in [1.807, 2.05) is 45.2 Å². The highest BCUT2D eigenvalue weighted by Crippen LogP contribution is 2.20. The van der Waals surface area contributed by atoms with Gasteiger partial charge >= 0.3 is 0 Å². The van der Waals surface area contributed by atoms with Crippen molar-refractivity contribution in [3.05, 3.63) is 64.8 Å². The van der Waals surface area contributed by atoms with E-state index in [0.717, 1.165) is 27.6 Å². The Morgan fingerprint density at radius 3 is 2.42 bits per heavy atom. The van der Waals surface area contributed by atoms with Gasteiger partial charge in [0.15, 0.2) is 0 Å². The van der Waals surface area contributed by atoms with Crippen LogP contribution in [-0.2, 0) is 23.6 Å². The second kappa shape index (κ2) is 6.07. The highest BCUT2D eigenvalue weighted by molar-refractivity contribution is 7.89. The van der Waals surface area contributed by atoms with Crippen molar-refractivity contribution in [2.24, 2.45) is 7.05 Å². The van der Waals surface area contributed by atoms with Gasteiger partial charge in [-0.25, -0.2) is 13.1 Å². The van der Waals surface area contributed by atoms with Gasteiger partial charge in [-0.1, -0.05) is 12.1 Å². The summed E-state index contributed by atoms with van der Waals surface area (Å²) < 4.78 is 29.8. The van der Waals surface area contributed by atoms with Crippen LogP contribution in [0.25, 0.3) is 10.9 Å². The molecule has 4 nitrogen and oxygen atoms in total. The molecule has 2 aromatic carbocycles. The summed E-state index contributed by atoms with van der Waals surface area (Å²) in [7, 11) is -1.48. The van der Waals surface area contributed by atoms with Gasteiger partial charge in [0, 0.05) is 30.2 Å². The van der Waals surface area contributed by atoms with Gasteiger partial charge < -0.3 is 4.57 Å². The van der Waals surface area contributed by atoms with Gasteiger partial charge in [0.1, 0.15) is 0 Å². The number of aryl methyl sites for hydroxylation is 4. The van der Waals surface area contributed by atoms with E-state index in [1.165, 1.54) is 5.69 Å². The molecule has 3 aromatic rings. The average molecular weight is 342 g/mol. The predicted molar refractivity (Wildman–Crippen MR) is 97.6 cm³/mol. The number of fused-ring (bicyclic) bond motifs is 1. The number of benzene rings is 2. The van der Waals surface area contributed by atoms with Gasteiger partial charge in [0.05, 0.1) is 4.90 Å². The third-order valence-electron chi connectivity index (χ3n) is 4.60. The molecule has 0 spiro atoms. The Balaban J connectivity index is 1.82. The molecule has 0 bridgehead atoms. The number of sulfonamides is 1. The molecule has 5 heteroatoms. The Hall–Kier alpha value is -2.11. The first-order chi connectivity index (χ1) is 11.3. The molecule has 0 fully saturated rings.